The summed E-state index contributed by atoms with van der Waals surface area (Å²) in [6.07, 6.45) is 6.24. The van der Waals surface area contributed by atoms with E-state index in [2.05, 4.69) is 24.0 Å². The highest BCUT2D eigenvalue weighted by atomic mass is 16.1. The van der Waals surface area contributed by atoms with Gasteiger partial charge in [-0.15, -0.1) is 0 Å². The molecule has 0 amide bonds. The van der Waals surface area contributed by atoms with E-state index >= 15 is 0 Å². The van der Waals surface area contributed by atoms with Crippen LogP contribution in [0.4, 0.5) is 0 Å². The average molecular weight is 299 g/mol. The Morgan fingerprint density at radius 2 is 1.86 bits per heavy atom. The summed E-state index contributed by atoms with van der Waals surface area (Å²) in [7, 11) is 0. The van der Waals surface area contributed by atoms with Gasteiger partial charge in [-0.1, -0.05) is 13.0 Å². The summed E-state index contributed by atoms with van der Waals surface area (Å²) in [5.41, 5.74) is 4.46. The van der Waals surface area contributed by atoms with Crippen LogP contribution >= 0.6 is 0 Å². The molecule has 1 aliphatic heterocycles. The van der Waals surface area contributed by atoms with E-state index in [1.165, 1.54) is 44.3 Å². The molecule has 3 rings (SSSR count). The third-order valence-corrected chi connectivity index (χ3v) is 5.02. The number of likely N-dealkylation sites (tertiary alicyclic amines) is 1. The lowest BCUT2D eigenvalue weighted by Crippen LogP contribution is -3.10. The Kier molecular flexibility index (Phi) is 4.63. The minimum atomic E-state index is 0.235. The lowest BCUT2D eigenvalue weighted by atomic mass is 10.0. The monoisotopic (exact) mass is 299 g/mol. The van der Waals surface area contributed by atoms with Gasteiger partial charge in [0.15, 0.2) is 5.43 Å². The highest BCUT2D eigenvalue weighted by Crippen LogP contribution is 2.14. The minimum Gasteiger partial charge on any atom is -0.358 e. The van der Waals surface area contributed by atoms with Crippen LogP contribution < -0.4 is 10.3 Å². The van der Waals surface area contributed by atoms with Crippen LogP contribution in [-0.2, 0) is 13.0 Å². The Balaban J connectivity index is 1.99. The zero-order chi connectivity index (χ0) is 15.5. The van der Waals surface area contributed by atoms with Gasteiger partial charge in [-0.2, -0.15) is 0 Å². The Bertz CT molecular complexity index is 709. The van der Waals surface area contributed by atoms with Crippen molar-refractivity contribution in [2.75, 3.05) is 13.1 Å². The van der Waals surface area contributed by atoms with Gasteiger partial charge >= 0.3 is 0 Å². The van der Waals surface area contributed by atoms with Crippen molar-refractivity contribution < 1.29 is 4.90 Å². The van der Waals surface area contributed by atoms with Gasteiger partial charge < -0.3 is 9.88 Å². The fourth-order valence-electron chi connectivity index (χ4n) is 3.59. The van der Waals surface area contributed by atoms with Crippen LogP contribution in [0.15, 0.2) is 23.0 Å². The molecule has 1 aromatic heterocycles. The minimum absolute atomic E-state index is 0.235. The molecule has 1 aromatic carbocycles. The molecule has 3 nitrogen and oxygen atoms in total. The van der Waals surface area contributed by atoms with Crippen LogP contribution in [0.3, 0.4) is 0 Å². The maximum Gasteiger partial charge on any atom is 0.198 e. The maximum absolute atomic E-state index is 12.9. The average Bonchev–Trinajstić information content (AvgIpc) is 2.80. The van der Waals surface area contributed by atoms with Crippen LogP contribution in [0.25, 0.3) is 10.9 Å². The van der Waals surface area contributed by atoms with Gasteiger partial charge in [-0.25, -0.2) is 0 Å². The first-order valence-electron chi connectivity index (χ1n) is 8.67. The quantitative estimate of drug-likeness (QED) is 0.897. The number of rotatable bonds is 3. The van der Waals surface area contributed by atoms with E-state index in [1.807, 2.05) is 13.0 Å². The van der Waals surface area contributed by atoms with Crippen LogP contribution in [-0.4, -0.2) is 18.1 Å². The third kappa shape index (κ3) is 3.09. The van der Waals surface area contributed by atoms with Crippen molar-refractivity contribution in [1.82, 2.24) is 4.98 Å². The molecule has 0 bridgehead atoms. The Morgan fingerprint density at radius 3 is 2.55 bits per heavy atom. The van der Waals surface area contributed by atoms with Crippen molar-refractivity contribution in [3.8, 4) is 0 Å². The van der Waals surface area contributed by atoms with E-state index in [4.69, 9.17) is 0 Å². The molecule has 0 atom stereocenters. The van der Waals surface area contributed by atoms with Gasteiger partial charge in [0.25, 0.3) is 0 Å². The van der Waals surface area contributed by atoms with Crippen molar-refractivity contribution in [3.05, 3.63) is 45.2 Å². The molecule has 0 spiro atoms. The van der Waals surface area contributed by atoms with Gasteiger partial charge in [0, 0.05) is 16.6 Å². The van der Waals surface area contributed by atoms with E-state index in [0.29, 0.717) is 0 Å². The standard InChI is InChI=1S/C19H26N2O/c1-3-15-8-9-18-16(12-15)19(22)17(14(2)20-18)13-21-10-6-4-5-7-11-21/h8-9,12H,3-7,10-11,13H2,1-2H3,(H,20,22)/p+1. The van der Waals surface area contributed by atoms with Gasteiger partial charge in [0.1, 0.15) is 6.54 Å². The second kappa shape index (κ2) is 6.66. The molecule has 22 heavy (non-hydrogen) atoms. The van der Waals surface area contributed by atoms with E-state index in [1.54, 1.807) is 4.90 Å². The molecule has 1 fully saturated rings. The number of nitrogens with one attached hydrogen (secondary N) is 2. The summed E-state index contributed by atoms with van der Waals surface area (Å²) < 4.78 is 0. The molecule has 2 N–H and O–H groups in total. The van der Waals surface area contributed by atoms with Crippen molar-refractivity contribution in [2.24, 2.45) is 0 Å². The smallest absolute Gasteiger partial charge is 0.198 e. The fraction of sp³-hybridized carbons (Fsp3) is 0.526. The van der Waals surface area contributed by atoms with E-state index in [9.17, 15) is 4.79 Å². The summed E-state index contributed by atoms with van der Waals surface area (Å²) in [5, 5.41) is 0.856. The number of fused-ring (bicyclic) bond motifs is 1. The largest absolute Gasteiger partial charge is 0.358 e. The predicted molar refractivity (Wildman–Crippen MR) is 91.6 cm³/mol. The molecular formula is C19H27N2O+. The van der Waals surface area contributed by atoms with Crippen molar-refractivity contribution in [2.45, 2.75) is 52.5 Å². The van der Waals surface area contributed by atoms with Gasteiger partial charge in [0.2, 0.25) is 0 Å². The molecule has 2 aromatic rings. The SMILES string of the molecule is CCc1ccc2[nH]c(C)c(C[NH+]3CCCCCC3)c(=O)c2c1. The zero-order valence-electron chi connectivity index (χ0n) is 13.8. The summed E-state index contributed by atoms with van der Waals surface area (Å²) in [5.74, 6) is 0. The molecule has 3 heteroatoms. The predicted octanol–water partition coefficient (Wildman–Crippen LogP) is 2.36. The molecule has 0 aliphatic carbocycles. The molecule has 2 heterocycles. The van der Waals surface area contributed by atoms with Crippen LogP contribution in [0.1, 0.15) is 49.4 Å². The molecule has 0 unspecified atom stereocenters. The molecular weight excluding hydrogens is 272 g/mol. The number of hydrogen-bond donors (Lipinski definition) is 2. The summed E-state index contributed by atoms with van der Waals surface area (Å²) in [4.78, 5) is 18.0. The zero-order valence-corrected chi connectivity index (χ0v) is 13.8. The van der Waals surface area contributed by atoms with E-state index in [-0.39, 0.29) is 5.43 Å². The Morgan fingerprint density at radius 1 is 1.14 bits per heavy atom. The number of aromatic amines is 1. The molecule has 1 saturated heterocycles. The van der Waals surface area contributed by atoms with Gasteiger partial charge in [-0.3, -0.25) is 4.79 Å². The van der Waals surface area contributed by atoms with Crippen LogP contribution in [0.2, 0.25) is 0 Å². The third-order valence-electron chi connectivity index (χ3n) is 5.02. The topological polar surface area (TPSA) is 37.3 Å². The molecule has 1 aliphatic rings. The first-order valence-corrected chi connectivity index (χ1v) is 8.67. The second-order valence-corrected chi connectivity index (χ2v) is 6.63. The number of hydrogen-bond acceptors (Lipinski definition) is 1. The van der Waals surface area contributed by atoms with Gasteiger partial charge in [-0.05, 0) is 56.7 Å². The lowest BCUT2D eigenvalue weighted by molar-refractivity contribution is -0.913. The van der Waals surface area contributed by atoms with E-state index < -0.39 is 0 Å². The summed E-state index contributed by atoms with van der Waals surface area (Å²) >= 11 is 0. The molecule has 118 valence electrons. The summed E-state index contributed by atoms with van der Waals surface area (Å²) in [6.45, 7) is 7.44. The number of pyridine rings is 1. The number of aromatic nitrogens is 1. The normalized spacial score (nSPS) is 16.8. The van der Waals surface area contributed by atoms with Crippen molar-refractivity contribution >= 4 is 10.9 Å². The first-order chi connectivity index (χ1) is 10.7. The second-order valence-electron chi connectivity index (χ2n) is 6.63. The first kappa shape index (κ1) is 15.3. The Labute approximate surface area is 132 Å². The molecule has 0 radical (unpaired) electrons. The van der Waals surface area contributed by atoms with Crippen molar-refractivity contribution in [3.63, 3.8) is 0 Å². The fourth-order valence-corrected chi connectivity index (χ4v) is 3.59. The highest BCUT2D eigenvalue weighted by molar-refractivity contribution is 5.80. The number of aryl methyl sites for hydroxylation is 2. The number of H-pyrrole nitrogens is 1. The molecule has 0 saturated carbocycles. The van der Waals surface area contributed by atoms with Gasteiger partial charge in [0.05, 0.1) is 18.7 Å². The van der Waals surface area contributed by atoms with Crippen LogP contribution in [0, 0.1) is 6.92 Å². The van der Waals surface area contributed by atoms with E-state index in [0.717, 1.165) is 35.1 Å². The summed E-state index contributed by atoms with van der Waals surface area (Å²) in [6, 6.07) is 6.22. The number of quaternary nitrogens is 1. The lowest BCUT2D eigenvalue weighted by Gasteiger charge is -2.18. The maximum atomic E-state index is 12.9. The van der Waals surface area contributed by atoms with Crippen molar-refractivity contribution in [1.29, 1.82) is 0 Å². The Hall–Kier alpha value is -1.61. The van der Waals surface area contributed by atoms with Crippen LogP contribution in [0.5, 0.6) is 0 Å². The highest BCUT2D eigenvalue weighted by Gasteiger charge is 2.17. The number of benzene rings is 1.